The molecule has 0 amide bonds. The summed E-state index contributed by atoms with van der Waals surface area (Å²) in [6, 6.07) is -4.65. The van der Waals surface area contributed by atoms with Gasteiger partial charge in [0.1, 0.15) is 0 Å². The highest BCUT2D eigenvalue weighted by Crippen LogP contribution is 1.67. The Kier molecular flexibility index (Phi) is 13.7. The van der Waals surface area contributed by atoms with Crippen LogP contribution >= 0.6 is 0 Å². The molecule has 0 spiro atoms. The van der Waals surface area contributed by atoms with Crippen LogP contribution in [0.1, 0.15) is 0 Å². The Labute approximate surface area is 85.7 Å². The second-order valence-corrected chi connectivity index (χ2v) is 1.50. The first-order valence-corrected chi connectivity index (χ1v) is 2.92. The maximum absolute atomic E-state index is 10.6. The number of carboxylic acids is 2. The molecule has 0 radical (unpaired) electrons. The molecule has 0 atom stereocenters. The molecule has 5 N–H and O–H groups in total. The maximum Gasteiger partial charge on any atom is 0.631 e. The van der Waals surface area contributed by atoms with Crippen LogP contribution in [0.4, 0.5) is 8.78 Å². The van der Waals surface area contributed by atoms with Gasteiger partial charge in [-0.15, -0.1) is 0 Å². The predicted molar refractivity (Wildman–Crippen MR) is 39.9 cm³/mol. The van der Waals surface area contributed by atoms with Crippen LogP contribution in [-0.2, 0) is 19.2 Å². The minimum absolute atomic E-state index is 2.05. The van der Waals surface area contributed by atoms with Gasteiger partial charge in [0.2, 0.25) is 0 Å². The Bertz CT molecular complexity index is 213. The largest absolute Gasteiger partial charge is 0.631 e. The van der Waals surface area contributed by atoms with E-state index in [2.05, 4.69) is 0 Å². The highest BCUT2D eigenvalue weighted by atomic mass is 19.1. The van der Waals surface area contributed by atoms with Gasteiger partial charge in [0.15, 0.2) is 0 Å². The standard InChI is InChI=1S/2C2HFO3.BH3O3/c2*3-1(4)2(5)6;2-1(3)4/h2*(H,5,6);2-4H. The van der Waals surface area contributed by atoms with Crippen molar-refractivity contribution < 1.29 is 53.2 Å². The molecule has 0 aromatic rings. The summed E-state index contributed by atoms with van der Waals surface area (Å²) in [5.74, 6) is -4.09. The number of hydrogen-bond donors (Lipinski definition) is 5. The molecule has 0 fully saturated rings. The highest BCUT2D eigenvalue weighted by Gasteiger charge is 2.06. The summed E-state index contributed by atoms with van der Waals surface area (Å²) in [6.07, 6.45) is 0. The van der Waals surface area contributed by atoms with Gasteiger partial charge in [-0.3, -0.25) is 0 Å². The number of carboxylic acid groups (broad SMARTS) is 2. The van der Waals surface area contributed by atoms with Crippen molar-refractivity contribution in [3.63, 3.8) is 0 Å². The van der Waals surface area contributed by atoms with Gasteiger partial charge in [-0.05, 0) is 0 Å². The number of aliphatic carboxylic acids is 2. The van der Waals surface area contributed by atoms with E-state index in [1.54, 1.807) is 0 Å². The van der Waals surface area contributed by atoms with Crippen LogP contribution < -0.4 is 0 Å². The lowest BCUT2D eigenvalue weighted by Gasteiger charge is -1.69. The SMILES string of the molecule is O=C(O)C(=O)F.O=C(O)C(=O)F.OB(O)O. The third-order valence-corrected chi connectivity index (χ3v) is 0.336. The van der Waals surface area contributed by atoms with Crippen molar-refractivity contribution in [1.29, 1.82) is 0 Å². The van der Waals surface area contributed by atoms with E-state index in [1.165, 1.54) is 0 Å². The van der Waals surface area contributed by atoms with Crippen molar-refractivity contribution in [3.05, 3.63) is 0 Å². The van der Waals surface area contributed by atoms with E-state index < -0.39 is 31.3 Å². The van der Waals surface area contributed by atoms with Gasteiger partial charge >= 0.3 is 31.3 Å². The molecular weight excluding hydrogens is 241 g/mol. The van der Waals surface area contributed by atoms with E-state index in [1.807, 2.05) is 0 Å². The zero-order valence-electron chi connectivity index (χ0n) is 7.20. The summed E-state index contributed by atoms with van der Waals surface area (Å²) in [5, 5.41) is 36.0. The molecule has 9 nitrogen and oxygen atoms in total. The summed E-state index contributed by atoms with van der Waals surface area (Å²) in [5.41, 5.74) is 0. The normalized spacial score (nSPS) is 7.31. The quantitative estimate of drug-likeness (QED) is 0.194. The van der Waals surface area contributed by atoms with Crippen molar-refractivity contribution in [3.8, 4) is 0 Å². The lowest BCUT2D eigenvalue weighted by molar-refractivity contribution is -0.154. The predicted octanol–water partition coefficient (Wildman–Crippen LogP) is -2.92. The Balaban J connectivity index is -0.000000162. The zero-order chi connectivity index (χ0) is 13.9. The van der Waals surface area contributed by atoms with Crippen LogP contribution in [0.15, 0.2) is 0 Å². The van der Waals surface area contributed by atoms with Gasteiger partial charge in [-0.2, -0.15) is 8.78 Å². The molecule has 0 saturated carbocycles. The first kappa shape index (κ1) is 19.6. The van der Waals surface area contributed by atoms with E-state index in [9.17, 15) is 8.78 Å². The molecule has 92 valence electrons. The lowest BCUT2D eigenvalue weighted by Crippen LogP contribution is -2.07. The fraction of sp³-hybridized carbons (Fsp3) is 0. The Hall–Kier alpha value is -1.92. The van der Waals surface area contributed by atoms with Crippen molar-refractivity contribution >= 4 is 31.3 Å². The maximum atomic E-state index is 10.6. The monoisotopic (exact) mass is 246 g/mol. The topological polar surface area (TPSA) is 169 Å². The van der Waals surface area contributed by atoms with Gasteiger partial charge in [0.05, 0.1) is 0 Å². The van der Waals surface area contributed by atoms with Crippen molar-refractivity contribution in [2.45, 2.75) is 0 Å². The van der Waals surface area contributed by atoms with E-state index in [0.29, 0.717) is 0 Å². The third-order valence-electron chi connectivity index (χ3n) is 0.336. The van der Waals surface area contributed by atoms with Gasteiger partial charge in [-0.25, -0.2) is 19.2 Å². The first-order valence-electron chi connectivity index (χ1n) is 2.92. The Morgan fingerprint density at radius 3 is 0.812 bits per heavy atom. The summed E-state index contributed by atoms with van der Waals surface area (Å²) in [6.45, 7) is 0. The van der Waals surface area contributed by atoms with E-state index in [-0.39, 0.29) is 0 Å². The molecule has 0 aromatic heterocycles. The average Bonchev–Trinajstić information content (AvgIpc) is 2.03. The van der Waals surface area contributed by atoms with Crippen LogP contribution in [0, 0.1) is 0 Å². The second kappa shape index (κ2) is 11.2. The second-order valence-electron chi connectivity index (χ2n) is 1.50. The number of halogens is 2. The van der Waals surface area contributed by atoms with Gasteiger partial charge in [-0.1, -0.05) is 0 Å². The molecule has 0 aliphatic rings. The zero-order valence-corrected chi connectivity index (χ0v) is 7.20. The Morgan fingerprint density at radius 1 is 0.750 bits per heavy atom. The van der Waals surface area contributed by atoms with Crippen LogP contribution in [0.2, 0.25) is 0 Å². The van der Waals surface area contributed by atoms with Crippen molar-refractivity contribution in [2.75, 3.05) is 0 Å². The molecule has 12 heteroatoms. The molecule has 16 heavy (non-hydrogen) atoms. The molecule has 0 bridgehead atoms. The molecule has 0 rings (SSSR count). The summed E-state index contributed by atoms with van der Waals surface area (Å²) < 4.78 is 21.2. The summed E-state index contributed by atoms with van der Waals surface area (Å²) in [7, 11) is -2.17. The molecule has 0 aliphatic heterocycles. The van der Waals surface area contributed by atoms with Crippen LogP contribution in [0.3, 0.4) is 0 Å². The Morgan fingerprint density at radius 2 is 0.812 bits per heavy atom. The van der Waals surface area contributed by atoms with Gasteiger partial charge in [0.25, 0.3) is 0 Å². The molecule has 0 aromatic carbocycles. The number of hydrogen-bond acceptors (Lipinski definition) is 7. The average molecular weight is 246 g/mol. The smallest absolute Gasteiger partial charge is 0.473 e. The number of carbonyl (C=O) groups is 4. The van der Waals surface area contributed by atoms with E-state index >= 15 is 0 Å². The highest BCUT2D eigenvalue weighted by molar-refractivity contribution is 6.30. The van der Waals surface area contributed by atoms with Crippen molar-refractivity contribution in [2.24, 2.45) is 0 Å². The third kappa shape index (κ3) is 40.1. The fourth-order valence-electron chi connectivity index (χ4n) is 0. The number of carbonyl (C=O) groups excluding carboxylic acids is 2. The van der Waals surface area contributed by atoms with E-state index in [4.69, 9.17) is 44.5 Å². The van der Waals surface area contributed by atoms with Crippen molar-refractivity contribution in [1.82, 2.24) is 0 Å². The summed E-state index contributed by atoms with van der Waals surface area (Å²) >= 11 is 0. The minimum atomic E-state index is -2.32. The van der Waals surface area contributed by atoms with E-state index in [0.717, 1.165) is 0 Å². The summed E-state index contributed by atoms with van der Waals surface area (Å²) in [4.78, 5) is 35.7. The number of rotatable bonds is 2. The van der Waals surface area contributed by atoms with Crippen LogP contribution in [0.5, 0.6) is 0 Å². The minimum Gasteiger partial charge on any atom is -0.473 e. The molecular formula is C4H5BF2O9. The molecule has 0 aliphatic carbocycles. The fourth-order valence-corrected chi connectivity index (χ4v) is 0. The lowest BCUT2D eigenvalue weighted by atomic mass is 10.3. The first-order chi connectivity index (χ1) is 7.02. The van der Waals surface area contributed by atoms with Crippen LogP contribution in [0.25, 0.3) is 0 Å². The molecule has 0 heterocycles. The molecule has 0 unspecified atom stereocenters. The van der Waals surface area contributed by atoms with Gasteiger partial charge in [0, 0.05) is 0 Å². The van der Waals surface area contributed by atoms with Gasteiger partial charge < -0.3 is 25.3 Å². The van der Waals surface area contributed by atoms with Crippen LogP contribution in [-0.4, -0.2) is 56.6 Å². The molecule has 0 saturated heterocycles.